The summed E-state index contributed by atoms with van der Waals surface area (Å²) in [6.07, 6.45) is 4.95. The summed E-state index contributed by atoms with van der Waals surface area (Å²) in [6.45, 7) is 1.13. The Morgan fingerprint density at radius 1 is 0.926 bits per heavy atom. The molecule has 1 heterocycles. The van der Waals surface area contributed by atoms with Gasteiger partial charge in [-0.05, 0) is 43.0 Å². The highest BCUT2D eigenvalue weighted by Gasteiger charge is 2.25. The molecule has 0 saturated carbocycles. The number of sulfonamides is 1. The molecule has 1 saturated heterocycles. The van der Waals surface area contributed by atoms with Gasteiger partial charge >= 0.3 is 0 Å². The first-order chi connectivity index (χ1) is 13.1. The Morgan fingerprint density at radius 3 is 2.33 bits per heavy atom. The fourth-order valence-electron chi connectivity index (χ4n) is 3.29. The number of aryl methyl sites for hydroxylation is 1. The molecule has 1 amide bonds. The SMILES string of the molecule is O=C(CCc1ccccc1)Nc1cccc(S(=O)(=O)N2CCCCCC2)c1. The van der Waals surface area contributed by atoms with E-state index in [1.54, 1.807) is 28.6 Å². The van der Waals surface area contributed by atoms with Gasteiger partial charge in [-0.2, -0.15) is 4.31 Å². The molecule has 0 unspecified atom stereocenters. The number of nitrogens with one attached hydrogen (secondary N) is 1. The van der Waals surface area contributed by atoms with E-state index in [0.717, 1.165) is 31.2 Å². The van der Waals surface area contributed by atoms with Crippen LogP contribution in [0.15, 0.2) is 59.5 Å². The molecule has 0 aromatic heterocycles. The van der Waals surface area contributed by atoms with Crippen LogP contribution in [0.5, 0.6) is 0 Å². The number of carbonyl (C=O) groups is 1. The highest BCUT2D eigenvalue weighted by molar-refractivity contribution is 7.89. The minimum atomic E-state index is -3.52. The molecule has 1 aliphatic heterocycles. The lowest BCUT2D eigenvalue weighted by atomic mass is 10.1. The van der Waals surface area contributed by atoms with E-state index in [0.29, 0.717) is 31.6 Å². The van der Waals surface area contributed by atoms with E-state index in [2.05, 4.69) is 5.32 Å². The minimum absolute atomic E-state index is 0.122. The van der Waals surface area contributed by atoms with Crippen molar-refractivity contribution in [3.63, 3.8) is 0 Å². The second-order valence-electron chi connectivity index (χ2n) is 6.88. The van der Waals surface area contributed by atoms with Gasteiger partial charge in [-0.25, -0.2) is 8.42 Å². The zero-order valence-electron chi connectivity index (χ0n) is 15.4. The monoisotopic (exact) mass is 386 g/mol. The molecule has 1 N–H and O–H groups in total. The number of benzene rings is 2. The zero-order chi connectivity index (χ0) is 19.1. The van der Waals surface area contributed by atoms with Crippen LogP contribution in [-0.4, -0.2) is 31.7 Å². The number of hydrogen-bond acceptors (Lipinski definition) is 3. The van der Waals surface area contributed by atoms with Crippen LogP contribution < -0.4 is 5.32 Å². The number of nitrogens with zero attached hydrogens (tertiary/aromatic N) is 1. The molecule has 2 aromatic carbocycles. The van der Waals surface area contributed by atoms with Crippen LogP contribution in [0.25, 0.3) is 0 Å². The zero-order valence-corrected chi connectivity index (χ0v) is 16.2. The smallest absolute Gasteiger partial charge is 0.243 e. The van der Waals surface area contributed by atoms with Crippen LogP contribution in [0.1, 0.15) is 37.7 Å². The Labute approximate surface area is 161 Å². The summed E-state index contributed by atoms with van der Waals surface area (Å²) >= 11 is 0. The summed E-state index contributed by atoms with van der Waals surface area (Å²) in [5.74, 6) is -0.122. The quantitative estimate of drug-likeness (QED) is 0.821. The molecular weight excluding hydrogens is 360 g/mol. The van der Waals surface area contributed by atoms with Crippen LogP contribution in [0.2, 0.25) is 0 Å². The molecule has 1 fully saturated rings. The summed E-state index contributed by atoms with van der Waals surface area (Å²) < 4.78 is 27.4. The van der Waals surface area contributed by atoms with Gasteiger partial charge in [-0.15, -0.1) is 0 Å². The maximum atomic E-state index is 12.9. The highest BCUT2D eigenvalue weighted by atomic mass is 32.2. The average Bonchev–Trinajstić information content (AvgIpc) is 2.97. The molecule has 2 aromatic rings. The maximum absolute atomic E-state index is 12.9. The number of amides is 1. The van der Waals surface area contributed by atoms with Gasteiger partial charge in [0.25, 0.3) is 0 Å². The summed E-state index contributed by atoms with van der Waals surface area (Å²) in [6, 6.07) is 16.4. The third-order valence-corrected chi connectivity index (χ3v) is 6.70. The van der Waals surface area contributed by atoms with Gasteiger partial charge in [0, 0.05) is 25.2 Å². The van der Waals surface area contributed by atoms with Crippen LogP contribution in [0.3, 0.4) is 0 Å². The van der Waals surface area contributed by atoms with Crippen LogP contribution in [0, 0.1) is 0 Å². The summed E-state index contributed by atoms with van der Waals surface area (Å²) in [7, 11) is -3.52. The van der Waals surface area contributed by atoms with E-state index in [-0.39, 0.29) is 10.8 Å². The topological polar surface area (TPSA) is 66.5 Å². The Kier molecular flexibility index (Phi) is 6.63. The van der Waals surface area contributed by atoms with E-state index in [1.165, 1.54) is 0 Å². The first-order valence-electron chi connectivity index (χ1n) is 9.50. The summed E-state index contributed by atoms with van der Waals surface area (Å²) in [5, 5.41) is 2.82. The van der Waals surface area contributed by atoms with Crippen LogP contribution in [0.4, 0.5) is 5.69 Å². The van der Waals surface area contributed by atoms with Crippen LogP contribution >= 0.6 is 0 Å². The molecule has 3 rings (SSSR count). The molecule has 0 bridgehead atoms. The van der Waals surface area contributed by atoms with Gasteiger partial charge in [-0.3, -0.25) is 4.79 Å². The Morgan fingerprint density at radius 2 is 1.63 bits per heavy atom. The van der Waals surface area contributed by atoms with Crippen molar-refractivity contribution in [2.45, 2.75) is 43.4 Å². The number of hydrogen-bond donors (Lipinski definition) is 1. The Balaban J connectivity index is 1.65. The molecule has 0 aliphatic carbocycles. The molecule has 6 heteroatoms. The van der Waals surface area contributed by atoms with Crippen molar-refractivity contribution in [3.05, 3.63) is 60.2 Å². The van der Waals surface area contributed by atoms with E-state index in [4.69, 9.17) is 0 Å². The number of anilines is 1. The number of carbonyl (C=O) groups excluding carboxylic acids is 1. The lowest BCUT2D eigenvalue weighted by molar-refractivity contribution is -0.116. The molecule has 27 heavy (non-hydrogen) atoms. The van der Waals surface area contributed by atoms with Crippen molar-refractivity contribution in [1.82, 2.24) is 4.31 Å². The standard InChI is InChI=1S/C21H26N2O3S/c24-21(14-13-18-9-4-3-5-10-18)22-19-11-8-12-20(17-19)27(25,26)23-15-6-1-2-7-16-23/h3-5,8-12,17H,1-2,6-7,13-16H2,(H,22,24). The van der Waals surface area contributed by atoms with Crippen molar-refractivity contribution in [2.75, 3.05) is 18.4 Å². The van der Waals surface area contributed by atoms with Gasteiger partial charge in [0.2, 0.25) is 15.9 Å². The van der Waals surface area contributed by atoms with Gasteiger partial charge in [0.15, 0.2) is 0 Å². The fraction of sp³-hybridized carbons (Fsp3) is 0.381. The second-order valence-corrected chi connectivity index (χ2v) is 8.82. The van der Waals surface area contributed by atoms with Crippen LogP contribution in [-0.2, 0) is 21.2 Å². The predicted octanol–water partition coefficient (Wildman–Crippen LogP) is 3.82. The van der Waals surface area contributed by atoms with Crippen molar-refractivity contribution in [3.8, 4) is 0 Å². The molecule has 0 spiro atoms. The largest absolute Gasteiger partial charge is 0.326 e. The normalized spacial score (nSPS) is 15.9. The Hall–Kier alpha value is -2.18. The minimum Gasteiger partial charge on any atom is -0.326 e. The molecule has 0 radical (unpaired) electrons. The second kappa shape index (κ2) is 9.15. The van der Waals surface area contributed by atoms with Gasteiger partial charge in [-0.1, -0.05) is 49.2 Å². The molecule has 5 nitrogen and oxygen atoms in total. The fourth-order valence-corrected chi connectivity index (χ4v) is 4.85. The lowest BCUT2D eigenvalue weighted by Gasteiger charge is -2.20. The predicted molar refractivity (Wildman–Crippen MR) is 107 cm³/mol. The van der Waals surface area contributed by atoms with E-state index in [1.807, 2.05) is 30.3 Å². The average molecular weight is 387 g/mol. The first kappa shape index (κ1) is 19.6. The maximum Gasteiger partial charge on any atom is 0.243 e. The Bertz CT molecular complexity index is 858. The van der Waals surface area contributed by atoms with Crippen molar-refractivity contribution in [2.24, 2.45) is 0 Å². The number of rotatable bonds is 6. The molecule has 1 aliphatic rings. The molecular formula is C21H26N2O3S. The molecule has 0 atom stereocenters. The van der Waals surface area contributed by atoms with Gasteiger partial charge < -0.3 is 5.32 Å². The highest BCUT2D eigenvalue weighted by Crippen LogP contribution is 2.22. The van der Waals surface area contributed by atoms with E-state index in [9.17, 15) is 13.2 Å². The summed E-state index contributed by atoms with van der Waals surface area (Å²) in [5.41, 5.74) is 1.62. The first-order valence-corrected chi connectivity index (χ1v) is 10.9. The van der Waals surface area contributed by atoms with E-state index >= 15 is 0 Å². The van der Waals surface area contributed by atoms with Gasteiger partial charge in [0.1, 0.15) is 0 Å². The third-order valence-electron chi connectivity index (χ3n) is 4.80. The lowest BCUT2D eigenvalue weighted by Crippen LogP contribution is -2.32. The van der Waals surface area contributed by atoms with Crippen molar-refractivity contribution >= 4 is 21.6 Å². The van der Waals surface area contributed by atoms with Crippen molar-refractivity contribution < 1.29 is 13.2 Å². The third kappa shape index (κ3) is 5.40. The summed E-state index contributed by atoms with van der Waals surface area (Å²) in [4.78, 5) is 12.5. The molecule has 144 valence electrons. The van der Waals surface area contributed by atoms with Crippen molar-refractivity contribution in [1.29, 1.82) is 0 Å². The van der Waals surface area contributed by atoms with E-state index < -0.39 is 10.0 Å². The van der Waals surface area contributed by atoms with Gasteiger partial charge in [0.05, 0.1) is 4.90 Å².